The van der Waals surface area contributed by atoms with Gasteiger partial charge in [0.05, 0.1) is 12.5 Å². The molecule has 226 valence electrons. The molecule has 0 N–H and O–H groups in total. The summed E-state index contributed by atoms with van der Waals surface area (Å²) in [7, 11) is 1.46. The smallest absolute Gasteiger partial charge is 0.331 e. The number of nitrogens with zero attached hydrogens (tertiary/aromatic N) is 2. The van der Waals surface area contributed by atoms with Crippen LogP contribution in [0.15, 0.2) is 60.7 Å². The Labute approximate surface area is 246 Å². The molecule has 3 amide bonds. The van der Waals surface area contributed by atoms with E-state index < -0.39 is 53.3 Å². The second-order valence-corrected chi connectivity index (χ2v) is 11.8. The first-order valence-corrected chi connectivity index (χ1v) is 14.0. The summed E-state index contributed by atoms with van der Waals surface area (Å²) in [5.41, 5.74) is 0.517. The number of ether oxygens (including phenoxy) is 3. The van der Waals surface area contributed by atoms with E-state index in [2.05, 4.69) is 0 Å². The average Bonchev–Trinajstić information content (AvgIpc) is 3.24. The van der Waals surface area contributed by atoms with Gasteiger partial charge in [-0.2, -0.15) is 0 Å². The van der Waals surface area contributed by atoms with Gasteiger partial charge in [-0.05, 0) is 44.2 Å². The van der Waals surface area contributed by atoms with Gasteiger partial charge in [0.1, 0.15) is 18.8 Å². The van der Waals surface area contributed by atoms with E-state index in [1.165, 1.54) is 11.9 Å². The van der Waals surface area contributed by atoms with Crippen molar-refractivity contribution in [3.8, 4) is 0 Å². The lowest BCUT2D eigenvalue weighted by molar-refractivity contribution is -0.171. The fourth-order valence-electron chi connectivity index (χ4n) is 4.66. The van der Waals surface area contributed by atoms with Crippen molar-refractivity contribution in [1.29, 1.82) is 0 Å². The van der Waals surface area contributed by atoms with Gasteiger partial charge in [-0.15, -0.1) is 0 Å². The van der Waals surface area contributed by atoms with E-state index in [0.29, 0.717) is 11.1 Å². The molecule has 2 aromatic rings. The Kier molecular flexibility index (Phi) is 10.9. The molecule has 42 heavy (non-hydrogen) atoms. The predicted octanol–water partition coefficient (Wildman–Crippen LogP) is 4.36. The molecule has 2 atom stereocenters. The first kappa shape index (κ1) is 32.3. The second-order valence-electron chi connectivity index (χ2n) is 11.8. The molecule has 2 aromatic carbocycles. The average molecular weight is 581 g/mol. The largest absolute Gasteiger partial charge is 0.460 e. The Bertz CT molecular complexity index is 1200. The molecule has 10 heteroatoms. The van der Waals surface area contributed by atoms with Gasteiger partial charge < -0.3 is 19.1 Å². The maximum Gasteiger partial charge on any atom is 0.331 e. The Morgan fingerprint density at radius 3 is 1.76 bits per heavy atom. The maximum absolute atomic E-state index is 14.2. The minimum absolute atomic E-state index is 0.0545. The van der Waals surface area contributed by atoms with Crippen molar-refractivity contribution in [2.75, 3.05) is 13.6 Å². The van der Waals surface area contributed by atoms with Gasteiger partial charge in [0.15, 0.2) is 12.0 Å². The third-order valence-electron chi connectivity index (χ3n) is 6.61. The van der Waals surface area contributed by atoms with Crippen molar-refractivity contribution in [2.24, 2.45) is 17.8 Å². The number of hydrogen-bond donors (Lipinski definition) is 0. The molecule has 0 aliphatic carbocycles. The molecule has 1 fully saturated rings. The van der Waals surface area contributed by atoms with Crippen LogP contribution in [0.1, 0.15) is 52.2 Å². The van der Waals surface area contributed by atoms with Crippen LogP contribution in [-0.4, -0.2) is 64.9 Å². The van der Waals surface area contributed by atoms with Crippen molar-refractivity contribution >= 4 is 29.8 Å². The molecule has 0 unspecified atom stereocenters. The van der Waals surface area contributed by atoms with Gasteiger partial charge in [-0.3, -0.25) is 14.4 Å². The van der Waals surface area contributed by atoms with Crippen LogP contribution in [0, 0.1) is 17.8 Å². The van der Waals surface area contributed by atoms with Gasteiger partial charge in [0.25, 0.3) is 0 Å². The number of urea groups is 1. The van der Waals surface area contributed by atoms with Gasteiger partial charge in [0.2, 0.25) is 5.91 Å². The van der Waals surface area contributed by atoms with Crippen LogP contribution >= 0.6 is 0 Å². The van der Waals surface area contributed by atoms with Gasteiger partial charge in [-0.25, -0.2) is 14.5 Å². The Morgan fingerprint density at radius 2 is 1.33 bits per heavy atom. The predicted molar refractivity (Wildman–Crippen MR) is 153 cm³/mol. The van der Waals surface area contributed by atoms with Crippen molar-refractivity contribution in [3.05, 3.63) is 71.8 Å². The number of carbonyl (C=O) groups excluding carboxylic acids is 5. The molecular formula is C32H40N2O8. The molecule has 1 aliphatic heterocycles. The zero-order valence-electron chi connectivity index (χ0n) is 25.1. The van der Waals surface area contributed by atoms with E-state index in [1.807, 2.05) is 26.0 Å². The van der Waals surface area contributed by atoms with E-state index in [0.717, 1.165) is 4.90 Å². The SMILES string of the molecule is CC(C)C[C@@H](C(=O)N1C(=O)N(C)C[C@H]1C(=O)OC(C)(C)C)C(C(=O)OCc1ccccc1)C(=O)OCc1ccccc1. The van der Waals surface area contributed by atoms with Crippen LogP contribution in [0.5, 0.6) is 0 Å². The number of carbonyl (C=O) groups is 5. The number of esters is 3. The lowest BCUT2D eigenvalue weighted by Gasteiger charge is -2.30. The van der Waals surface area contributed by atoms with Crippen molar-refractivity contribution < 1.29 is 38.2 Å². The zero-order chi connectivity index (χ0) is 31.0. The van der Waals surface area contributed by atoms with Crippen LogP contribution in [0.4, 0.5) is 4.79 Å². The highest BCUT2D eigenvalue weighted by atomic mass is 16.6. The Morgan fingerprint density at radius 1 is 0.857 bits per heavy atom. The molecule has 10 nitrogen and oxygen atoms in total. The first-order valence-electron chi connectivity index (χ1n) is 14.0. The number of amides is 3. The van der Waals surface area contributed by atoms with Crippen molar-refractivity contribution in [2.45, 2.75) is 65.9 Å². The Hall–Kier alpha value is -4.21. The lowest BCUT2D eigenvalue weighted by atomic mass is 9.83. The summed E-state index contributed by atoms with van der Waals surface area (Å²) in [4.78, 5) is 69.7. The first-order chi connectivity index (χ1) is 19.8. The topological polar surface area (TPSA) is 120 Å². The van der Waals surface area contributed by atoms with Crippen LogP contribution in [0.2, 0.25) is 0 Å². The molecule has 3 rings (SSSR count). The lowest BCUT2D eigenvalue weighted by Crippen LogP contribution is -2.51. The van der Waals surface area contributed by atoms with E-state index in [9.17, 15) is 24.0 Å². The van der Waals surface area contributed by atoms with Crippen LogP contribution in [0.25, 0.3) is 0 Å². The van der Waals surface area contributed by atoms with Gasteiger partial charge in [0, 0.05) is 7.05 Å². The van der Waals surface area contributed by atoms with Crippen LogP contribution < -0.4 is 0 Å². The molecule has 1 aliphatic rings. The number of hydrogen-bond acceptors (Lipinski definition) is 8. The standard InChI is InChI=1S/C32H40N2O8/c1-21(2)17-24(27(35)34-25(18-33(6)31(34)39)28(36)42-32(3,4)5)26(29(37)40-19-22-13-9-7-10-14-22)30(38)41-20-23-15-11-8-12-16-23/h7-16,21,24-26H,17-20H2,1-6H3/t24-,25+/m1/s1. The number of likely N-dealkylation sites (N-methyl/N-ethyl adjacent to an activating group) is 1. The molecule has 1 saturated heterocycles. The Balaban J connectivity index is 1.96. The maximum atomic E-state index is 14.2. The zero-order valence-corrected chi connectivity index (χ0v) is 25.1. The molecule has 0 spiro atoms. The fourth-order valence-corrected chi connectivity index (χ4v) is 4.66. The summed E-state index contributed by atoms with van der Waals surface area (Å²) in [6.45, 7) is 8.35. The van der Waals surface area contributed by atoms with Gasteiger partial charge >= 0.3 is 23.9 Å². The van der Waals surface area contributed by atoms with Crippen molar-refractivity contribution in [3.63, 3.8) is 0 Å². The molecular weight excluding hydrogens is 540 g/mol. The van der Waals surface area contributed by atoms with Gasteiger partial charge in [-0.1, -0.05) is 74.5 Å². The number of imide groups is 1. The number of benzene rings is 2. The van der Waals surface area contributed by atoms with E-state index in [-0.39, 0.29) is 32.1 Å². The number of rotatable bonds is 11. The minimum atomic E-state index is -1.68. The van der Waals surface area contributed by atoms with E-state index >= 15 is 0 Å². The fraction of sp³-hybridized carbons (Fsp3) is 0.469. The third kappa shape index (κ3) is 8.64. The summed E-state index contributed by atoms with van der Waals surface area (Å²) >= 11 is 0. The second kappa shape index (κ2) is 14.1. The quantitative estimate of drug-likeness (QED) is 0.219. The minimum Gasteiger partial charge on any atom is -0.460 e. The third-order valence-corrected chi connectivity index (χ3v) is 6.61. The van der Waals surface area contributed by atoms with E-state index in [1.54, 1.807) is 69.3 Å². The molecule has 0 bridgehead atoms. The monoisotopic (exact) mass is 580 g/mol. The van der Waals surface area contributed by atoms with E-state index in [4.69, 9.17) is 14.2 Å². The van der Waals surface area contributed by atoms with Crippen LogP contribution in [0.3, 0.4) is 0 Å². The highest BCUT2D eigenvalue weighted by molar-refractivity contribution is 6.06. The summed E-state index contributed by atoms with van der Waals surface area (Å²) in [5, 5.41) is 0. The molecule has 1 heterocycles. The summed E-state index contributed by atoms with van der Waals surface area (Å²) < 4.78 is 16.6. The highest BCUT2D eigenvalue weighted by Gasteiger charge is 2.51. The molecule has 0 saturated carbocycles. The highest BCUT2D eigenvalue weighted by Crippen LogP contribution is 2.30. The normalized spacial score (nSPS) is 16.0. The summed E-state index contributed by atoms with van der Waals surface area (Å²) in [5.74, 6) is -6.68. The molecule has 0 radical (unpaired) electrons. The summed E-state index contributed by atoms with van der Waals surface area (Å²) in [6.07, 6.45) is 0.0545. The summed E-state index contributed by atoms with van der Waals surface area (Å²) in [6, 6.07) is 15.8. The molecule has 0 aromatic heterocycles. The van der Waals surface area contributed by atoms with Crippen molar-refractivity contribution in [1.82, 2.24) is 9.80 Å². The van der Waals surface area contributed by atoms with Crippen LogP contribution in [-0.2, 0) is 46.6 Å².